The molecule has 1 N–H and O–H groups in total. The molecule has 6 nitrogen and oxygen atoms in total. The SMILES string of the molecule is CCCCn1ccc(-c2cc(OCc3ccccc3)ccc2OC(C)C)c(C(=O)O)c1=O. The summed E-state index contributed by atoms with van der Waals surface area (Å²) in [4.78, 5) is 25.0. The van der Waals surface area contributed by atoms with Crippen LogP contribution in [0.3, 0.4) is 0 Å². The normalized spacial score (nSPS) is 10.9. The van der Waals surface area contributed by atoms with Gasteiger partial charge in [-0.1, -0.05) is 43.7 Å². The van der Waals surface area contributed by atoms with Gasteiger partial charge >= 0.3 is 5.97 Å². The number of aryl methyl sites for hydroxylation is 1. The van der Waals surface area contributed by atoms with Crippen molar-refractivity contribution in [1.29, 1.82) is 0 Å². The summed E-state index contributed by atoms with van der Waals surface area (Å²) in [5.41, 5.74) is 1.06. The van der Waals surface area contributed by atoms with E-state index >= 15 is 0 Å². The number of carbonyl (C=O) groups is 1. The Bertz CT molecular complexity index is 1120. The van der Waals surface area contributed by atoms with Crippen molar-refractivity contribution in [3.05, 3.63) is 82.3 Å². The maximum atomic E-state index is 12.9. The number of carboxylic acids is 1. The fourth-order valence-electron chi connectivity index (χ4n) is 3.42. The Morgan fingerprint density at radius 1 is 1.06 bits per heavy atom. The summed E-state index contributed by atoms with van der Waals surface area (Å²) in [5, 5.41) is 9.87. The van der Waals surface area contributed by atoms with Crippen molar-refractivity contribution in [3.63, 3.8) is 0 Å². The van der Waals surface area contributed by atoms with E-state index in [0.717, 1.165) is 18.4 Å². The monoisotopic (exact) mass is 435 g/mol. The zero-order chi connectivity index (χ0) is 23.1. The van der Waals surface area contributed by atoms with Crippen LogP contribution >= 0.6 is 0 Å². The van der Waals surface area contributed by atoms with Gasteiger partial charge in [0.15, 0.2) is 0 Å². The van der Waals surface area contributed by atoms with Gasteiger partial charge in [0.2, 0.25) is 0 Å². The number of rotatable bonds is 10. The van der Waals surface area contributed by atoms with Crippen LogP contribution < -0.4 is 15.0 Å². The van der Waals surface area contributed by atoms with Gasteiger partial charge in [0.25, 0.3) is 5.56 Å². The smallest absolute Gasteiger partial charge is 0.341 e. The molecule has 0 fully saturated rings. The minimum Gasteiger partial charge on any atom is -0.490 e. The molecule has 168 valence electrons. The van der Waals surface area contributed by atoms with E-state index in [9.17, 15) is 14.7 Å². The first-order chi connectivity index (χ1) is 15.4. The minimum atomic E-state index is -1.26. The molecule has 0 unspecified atom stereocenters. The largest absolute Gasteiger partial charge is 0.490 e. The molecule has 0 bridgehead atoms. The molecule has 2 aromatic carbocycles. The molecule has 3 rings (SSSR count). The number of unbranched alkanes of at least 4 members (excludes halogenated alkanes) is 1. The Kier molecular flexibility index (Phi) is 7.71. The van der Waals surface area contributed by atoms with Crippen molar-refractivity contribution in [2.45, 2.75) is 52.9 Å². The van der Waals surface area contributed by atoms with Crippen molar-refractivity contribution in [2.75, 3.05) is 0 Å². The number of hydrogen-bond donors (Lipinski definition) is 1. The molecule has 0 aliphatic heterocycles. The number of nitrogens with zero attached hydrogens (tertiary/aromatic N) is 1. The molecular weight excluding hydrogens is 406 g/mol. The van der Waals surface area contributed by atoms with Gasteiger partial charge in [-0.25, -0.2) is 4.79 Å². The van der Waals surface area contributed by atoms with Gasteiger partial charge in [-0.05, 0) is 50.1 Å². The van der Waals surface area contributed by atoms with Crippen molar-refractivity contribution in [3.8, 4) is 22.6 Å². The van der Waals surface area contributed by atoms with Gasteiger partial charge in [-0.2, -0.15) is 0 Å². The van der Waals surface area contributed by atoms with Gasteiger partial charge < -0.3 is 19.1 Å². The lowest BCUT2D eigenvalue weighted by atomic mass is 9.99. The first-order valence-electron chi connectivity index (χ1n) is 10.8. The predicted molar refractivity (Wildman–Crippen MR) is 125 cm³/mol. The summed E-state index contributed by atoms with van der Waals surface area (Å²) in [6, 6.07) is 16.7. The summed E-state index contributed by atoms with van der Waals surface area (Å²) in [6.07, 6.45) is 3.23. The molecule has 0 atom stereocenters. The lowest BCUT2D eigenvalue weighted by Gasteiger charge is -2.18. The highest BCUT2D eigenvalue weighted by molar-refractivity contribution is 5.96. The van der Waals surface area contributed by atoms with Crippen molar-refractivity contribution >= 4 is 5.97 Å². The van der Waals surface area contributed by atoms with E-state index in [0.29, 0.717) is 35.8 Å². The van der Waals surface area contributed by atoms with Gasteiger partial charge in [0.05, 0.1) is 6.10 Å². The summed E-state index contributed by atoms with van der Waals surface area (Å²) >= 11 is 0. The average Bonchev–Trinajstić information content (AvgIpc) is 2.77. The molecule has 32 heavy (non-hydrogen) atoms. The Morgan fingerprint density at radius 3 is 2.47 bits per heavy atom. The van der Waals surface area contributed by atoms with Gasteiger partial charge in [0.1, 0.15) is 23.7 Å². The minimum absolute atomic E-state index is 0.122. The Balaban J connectivity index is 2.06. The highest BCUT2D eigenvalue weighted by Gasteiger charge is 2.22. The van der Waals surface area contributed by atoms with Crippen molar-refractivity contribution in [1.82, 2.24) is 4.57 Å². The number of carboxylic acid groups (broad SMARTS) is 1. The summed E-state index contributed by atoms with van der Waals surface area (Å²) in [5.74, 6) is -0.200. The molecule has 0 saturated heterocycles. The lowest BCUT2D eigenvalue weighted by Crippen LogP contribution is -2.27. The highest BCUT2D eigenvalue weighted by Crippen LogP contribution is 2.35. The molecule has 6 heteroatoms. The average molecular weight is 436 g/mol. The van der Waals surface area contributed by atoms with Crippen LogP contribution in [0.15, 0.2) is 65.6 Å². The number of pyridine rings is 1. The molecule has 3 aromatic rings. The molecule has 0 spiro atoms. The maximum Gasteiger partial charge on any atom is 0.341 e. The molecule has 1 aromatic heterocycles. The van der Waals surface area contributed by atoms with Crippen LogP contribution in [0.25, 0.3) is 11.1 Å². The number of hydrogen-bond acceptors (Lipinski definition) is 4. The van der Waals surface area contributed by atoms with Crippen molar-refractivity contribution in [2.24, 2.45) is 0 Å². The van der Waals surface area contributed by atoms with Crippen LogP contribution in [-0.2, 0) is 13.2 Å². The Labute approximate surface area is 188 Å². The van der Waals surface area contributed by atoms with E-state index in [-0.39, 0.29) is 11.7 Å². The fourth-order valence-corrected chi connectivity index (χ4v) is 3.42. The van der Waals surface area contributed by atoms with Crippen molar-refractivity contribution < 1.29 is 19.4 Å². The number of aromatic nitrogens is 1. The molecule has 1 heterocycles. The van der Waals surface area contributed by atoms with Crippen LogP contribution in [0.1, 0.15) is 49.5 Å². The third-order valence-electron chi connectivity index (χ3n) is 4.98. The quantitative estimate of drug-likeness (QED) is 0.463. The molecule has 0 amide bonds. The zero-order valence-corrected chi connectivity index (χ0v) is 18.7. The summed E-state index contributed by atoms with van der Waals surface area (Å²) in [7, 11) is 0. The first kappa shape index (κ1) is 23.1. The van der Waals surface area contributed by atoms with Gasteiger partial charge in [-0.3, -0.25) is 4.79 Å². The second-order valence-electron chi connectivity index (χ2n) is 7.86. The fraction of sp³-hybridized carbons (Fsp3) is 0.308. The molecule has 0 aliphatic carbocycles. The van der Waals surface area contributed by atoms with Crippen LogP contribution in [0, 0.1) is 0 Å². The van der Waals surface area contributed by atoms with Gasteiger partial charge in [0, 0.05) is 23.9 Å². The number of benzene rings is 2. The van der Waals surface area contributed by atoms with E-state index < -0.39 is 11.5 Å². The standard InChI is InChI=1S/C26H29NO5/c1-4-5-14-27-15-13-21(24(25(27)28)26(29)30)22-16-20(11-12-23(22)32-18(2)3)31-17-19-9-7-6-8-10-19/h6-13,15-16,18H,4-5,14,17H2,1-3H3,(H,29,30). The third kappa shape index (κ3) is 5.58. The summed E-state index contributed by atoms with van der Waals surface area (Å²) < 4.78 is 13.3. The topological polar surface area (TPSA) is 77.8 Å². The molecule has 0 radical (unpaired) electrons. The highest BCUT2D eigenvalue weighted by atomic mass is 16.5. The Morgan fingerprint density at radius 2 is 1.81 bits per heavy atom. The Hall–Kier alpha value is -3.54. The molecular formula is C26H29NO5. The zero-order valence-electron chi connectivity index (χ0n) is 18.7. The van der Waals surface area contributed by atoms with Crippen LogP contribution in [0.2, 0.25) is 0 Å². The number of ether oxygens (including phenoxy) is 2. The van der Waals surface area contributed by atoms with E-state index in [1.54, 1.807) is 30.5 Å². The molecule has 0 aliphatic rings. The molecule has 0 saturated carbocycles. The maximum absolute atomic E-state index is 12.9. The lowest BCUT2D eigenvalue weighted by molar-refractivity contribution is 0.0695. The predicted octanol–water partition coefficient (Wildman–Crippen LogP) is 5.38. The van der Waals surface area contributed by atoms with Crippen LogP contribution in [0.4, 0.5) is 0 Å². The van der Waals surface area contributed by atoms with E-state index in [1.165, 1.54) is 4.57 Å². The van der Waals surface area contributed by atoms with E-state index in [4.69, 9.17) is 9.47 Å². The first-order valence-corrected chi connectivity index (χ1v) is 10.8. The second kappa shape index (κ2) is 10.7. The van der Waals surface area contributed by atoms with E-state index in [1.807, 2.05) is 51.1 Å². The van der Waals surface area contributed by atoms with Gasteiger partial charge in [-0.15, -0.1) is 0 Å². The second-order valence-corrected chi connectivity index (χ2v) is 7.86. The number of aromatic carboxylic acids is 1. The van der Waals surface area contributed by atoms with E-state index in [2.05, 4.69) is 0 Å². The third-order valence-corrected chi connectivity index (χ3v) is 4.98. The summed E-state index contributed by atoms with van der Waals surface area (Å²) in [6.45, 7) is 6.66. The van der Waals surface area contributed by atoms with Crippen LogP contribution in [0.5, 0.6) is 11.5 Å². The van der Waals surface area contributed by atoms with Crippen LogP contribution in [-0.4, -0.2) is 21.7 Å².